The molecule has 0 bridgehead atoms. The van der Waals surface area contributed by atoms with Crippen molar-refractivity contribution in [1.82, 2.24) is 0 Å². The van der Waals surface area contributed by atoms with E-state index >= 15 is 0 Å². The summed E-state index contributed by atoms with van der Waals surface area (Å²) in [5.74, 6) is 0.724. The lowest BCUT2D eigenvalue weighted by Crippen LogP contribution is -1.89. The van der Waals surface area contributed by atoms with Crippen LogP contribution in [0.1, 0.15) is 0 Å². The maximum Gasteiger partial charge on any atom is 0.270 e. The van der Waals surface area contributed by atoms with Gasteiger partial charge in [-0.15, -0.1) is 0 Å². The molecule has 2 aromatic rings. The molecule has 4 nitrogen and oxygen atoms in total. The molecule has 0 saturated heterocycles. The highest BCUT2D eigenvalue weighted by Crippen LogP contribution is 2.28. The molecular weight excluding hydrogens is 194 g/mol. The van der Waals surface area contributed by atoms with Crippen molar-refractivity contribution in [3.8, 4) is 5.75 Å². The van der Waals surface area contributed by atoms with E-state index in [1.54, 1.807) is 13.2 Å². The zero-order valence-electron chi connectivity index (χ0n) is 8.14. The van der Waals surface area contributed by atoms with Gasteiger partial charge in [-0.1, -0.05) is 12.1 Å². The minimum absolute atomic E-state index is 0.0933. The van der Waals surface area contributed by atoms with Crippen molar-refractivity contribution in [3.63, 3.8) is 0 Å². The second kappa shape index (κ2) is 3.57. The molecule has 76 valence electrons. The Bertz CT molecular complexity index is 522. The standard InChI is InChI=1S/C11H9NO3/c1-15-11-4-2-3-8-7-9(12(13)14)5-6-10(8)11/h2-7H,1H3. The topological polar surface area (TPSA) is 52.4 Å². The molecule has 0 N–H and O–H groups in total. The lowest BCUT2D eigenvalue weighted by molar-refractivity contribution is -0.384. The summed E-state index contributed by atoms with van der Waals surface area (Å²) in [5, 5.41) is 12.3. The molecule has 2 rings (SSSR count). The van der Waals surface area contributed by atoms with Crippen LogP contribution in [0.15, 0.2) is 36.4 Å². The van der Waals surface area contributed by atoms with Crippen molar-refractivity contribution in [2.75, 3.05) is 7.11 Å². The molecule has 0 aliphatic carbocycles. The zero-order valence-corrected chi connectivity index (χ0v) is 8.14. The molecule has 0 fully saturated rings. The highest BCUT2D eigenvalue weighted by molar-refractivity contribution is 5.89. The average molecular weight is 203 g/mol. The van der Waals surface area contributed by atoms with Crippen LogP contribution in [0.3, 0.4) is 0 Å². The van der Waals surface area contributed by atoms with Crippen molar-refractivity contribution in [2.24, 2.45) is 0 Å². The molecule has 0 heterocycles. The molecule has 0 aromatic heterocycles. The summed E-state index contributed by atoms with van der Waals surface area (Å²) in [6.07, 6.45) is 0. The van der Waals surface area contributed by atoms with E-state index in [0.717, 1.165) is 16.5 Å². The van der Waals surface area contributed by atoms with E-state index in [2.05, 4.69) is 0 Å². The number of hydrogen-bond acceptors (Lipinski definition) is 3. The van der Waals surface area contributed by atoms with Crippen LogP contribution in [-0.4, -0.2) is 12.0 Å². The van der Waals surface area contributed by atoms with Gasteiger partial charge in [-0.3, -0.25) is 10.1 Å². The lowest BCUT2D eigenvalue weighted by atomic mass is 10.1. The molecule has 0 atom stereocenters. The van der Waals surface area contributed by atoms with Gasteiger partial charge in [0.1, 0.15) is 5.75 Å². The maximum atomic E-state index is 10.6. The summed E-state index contributed by atoms with van der Waals surface area (Å²) >= 11 is 0. The lowest BCUT2D eigenvalue weighted by Gasteiger charge is -2.04. The molecule has 0 aliphatic rings. The van der Waals surface area contributed by atoms with Crippen LogP contribution >= 0.6 is 0 Å². The maximum absolute atomic E-state index is 10.6. The van der Waals surface area contributed by atoms with E-state index in [-0.39, 0.29) is 5.69 Å². The predicted octanol–water partition coefficient (Wildman–Crippen LogP) is 2.76. The third kappa shape index (κ3) is 1.61. The van der Waals surface area contributed by atoms with Gasteiger partial charge in [-0.25, -0.2) is 0 Å². The molecule has 0 saturated carbocycles. The Kier molecular flexibility index (Phi) is 2.25. The van der Waals surface area contributed by atoms with Crippen molar-refractivity contribution < 1.29 is 9.66 Å². The monoisotopic (exact) mass is 203 g/mol. The van der Waals surface area contributed by atoms with Crippen LogP contribution in [-0.2, 0) is 0 Å². The molecule has 0 aliphatic heterocycles. The number of nitro groups is 1. The normalized spacial score (nSPS) is 10.2. The molecule has 0 radical (unpaired) electrons. The highest BCUT2D eigenvalue weighted by atomic mass is 16.6. The third-order valence-electron chi connectivity index (χ3n) is 2.25. The molecule has 0 amide bonds. The zero-order chi connectivity index (χ0) is 10.8. The van der Waals surface area contributed by atoms with Crippen molar-refractivity contribution in [2.45, 2.75) is 0 Å². The average Bonchev–Trinajstić information content (AvgIpc) is 2.27. The Morgan fingerprint density at radius 2 is 2.07 bits per heavy atom. The van der Waals surface area contributed by atoms with E-state index in [1.807, 2.05) is 18.2 Å². The fourth-order valence-corrected chi connectivity index (χ4v) is 1.53. The van der Waals surface area contributed by atoms with Gasteiger partial charge in [-0.2, -0.15) is 0 Å². The first-order valence-corrected chi connectivity index (χ1v) is 4.43. The second-order valence-corrected chi connectivity index (χ2v) is 3.12. The number of non-ortho nitro benzene ring substituents is 1. The fourth-order valence-electron chi connectivity index (χ4n) is 1.53. The number of rotatable bonds is 2. The Morgan fingerprint density at radius 3 is 2.73 bits per heavy atom. The molecule has 0 unspecified atom stereocenters. The number of ether oxygens (including phenoxy) is 1. The summed E-state index contributed by atoms with van der Waals surface area (Å²) in [4.78, 5) is 10.2. The van der Waals surface area contributed by atoms with Gasteiger partial charge in [0, 0.05) is 17.5 Å². The van der Waals surface area contributed by atoms with E-state index < -0.39 is 4.92 Å². The largest absolute Gasteiger partial charge is 0.496 e. The van der Waals surface area contributed by atoms with E-state index in [0.29, 0.717) is 0 Å². The summed E-state index contributed by atoms with van der Waals surface area (Å²) in [5.41, 5.74) is 0.0933. The summed E-state index contributed by atoms with van der Waals surface area (Å²) < 4.78 is 5.16. The first-order valence-electron chi connectivity index (χ1n) is 4.43. The number of benzene rings is 2. The SMILES string of the molecule is COc1cccc2cc([N+](=O)[O-])ccc12. The van der Waals surface area contributed by atoms with Crippen LogP contribution in [0.2, 0.25) is 0 Å². The Balaban J connectivity index is 2.69. The van der Waals surface area contributed by atoms with Crippen LogP contribution in [0.25, 0.3) is 10.8 Å². The number of methoxy groups -OCH3 is 1. The van der Waals surface area contributed by atoms with Gasteiger partial charge in [-0.05, 0) is 17.5 Å². The van der Waals surface area contributed by atoms with Gasteiger partial charge in [0.2, 0.25) is 0 Å². The quantitative estimate of drug-likeness (QED) is 0.557. The molecule has 4 heteroatoms. The molecule has 2 aromatic carbocycles. The van der Waals surface area contributed by atoms with Gasteiger partial charge in [0.05, 0.1) is 12.0 Å². The van der Waals surface area contributed by atoms with E-state index in [4.69, 9.17) is 4.74 Å². The minimum atomic E-state index is -0.404. The number of nitrogens with zero attached hydrogens (tertiary/aromatic N) is 1. The molecule has 15 heavy (non-hydrogen) atoms. The Morgan fingerprint density at radius 1 is 1.27 bits per heavy atom. The molecular formula is C11H9NO3. The Hall–Kier alpha value is -2.10. The van der Waals surface area contributed by atoms with Crippen LogP contribution in [0.5, 0.6) is 5.75 Å². The third-order valence-corrected chi connectivity index (χ3v) is 2.25. The summed E-state index contributed by atoms with van der Waals surface area (Å²) in [7, 11) is 1.58. The Labute approximate surface area is 86.2 Å². The first kappa shape index (κ1) is 9.45. The first-order chi connectivity index (χ1) is 7.22. The van der Waals surface area contributed by atoms with Gasteiger partial charge in [0.25, 0.3) is 5.69 Å². The van der Waals surface area contributed by atoms with Gasteiger partial charge < -0.3 is 4.74 Å². The smallest absolute Gasteiger partial charge is 0.270 e. The summed E-state index contributed by atoms with van der Waals surface area (Å²) in [6.45, 7) is 0. The van der Waals surface area contributed by atoms with Crippen LogP contribution in [0, 0.1) is 10.1 Å². The highest BCUT2D eigenvalue weighted by Gasteiger charge is 2.07. The van der Waals surface area contributed by atoms with E-state index in [1.165, 1.54) is 12.1 Å². The van der Waals surface area contributed by atoms with E-state index in [9.17, 15) is 10.1 Å². The number of hydrogen-bond donors (Lipinski definition) is 0. The summed E-state index contributed by atoms with van der Waals surface area (Å²) in [6, 6.07) is 10.2. The van der Waals surface area contributed by atoms with Crippen molar-refractivity contribution >= 4 is 16.5 Å². The van der Waals surface area contributed by atoms with Crippen molar-refractivity contribution in [1.29, 1.82) is 0 Å². The van der Waals surface area contributed by atoms with Crippen LogP contribution in [0.4, 0.5) is 5.69 Å². The number of fused-ring (bicyclic) bond motifs is 1. The fraction of sp³-hybridized carbons (Fsp3) is 0.0909. The molecule has 0 spiro atoms. The van der Waals surface area contributed by atoms with Gasteiger partial charge in [0.15, 0.2) is 0 Å². The van der Waals surface area contributed by atoms with Gasteiger partial charge >= 0.3 is 0 Å². The van der Waals surface area contributed by atoms with Crippen LogP contribution < -0.4 is 4.74 Å². The van der Waals surface area contributed by atoms with Crippen molar-refractivity contribution in [3.05, 3.63) is 46.5 Å². The minimum Gasteiger partial charge on any atom is -0.496 e. The second-order valence-electron chi connectivity index (χ2n) is 3.12. The number of nitro benzene ring substituents is 1. The predicted molar refractivity (Wildman–Crippen MR) is 57.2 cm³/mol.